The molecule has 0 aliphatic carbocycles. The zero-order chi connectivity index (χ0) is 14.7. The van der Waals surface area contributed by atoms with Crippen LogP contribution in [0.15, 0.2) is 48.8 Å². The minimum Gasteiger partial charge on any atom is -0.495 e. The molecule has 0 aliphatic rings. The molecule has 0 radical (unpaired) electrons. The lowest BCUT2D eigenvalue weighted by Crippen LogP contribution is -2.10. The Bertz CT molecular complexity index is 736. The highest BCUT2D eigenvalue weighted by molar-refractivity contribution is 7.17. The second kappa shape index (κ2) is 5.80. The Morgan fingerprint density at radius 3 is 2.81 bits per heavy atom. The van der Waals surface area contributed by atoms with Crippen LogP contribution in [0.2, 0.25) is 0 Å². The Kier molecular flexibility index (Phi) is 3.70. The minimum atomic E-state index is -0.208. The molecule has 0 saturated heterocycles. The number of nitrogens with zero attached hydrogens (tertiary/aromatic N) is 1. The molecular formula is C15H13N3O2S. The summed E-state index contributed by atoms with van der Waals surface area (Å²) in [6.45, 7) is 0. The van der Waals surface area contributed by atoms with Crippen LogP contribution in [0.5, 0.6) is 5.75 Å². The smallest absolute Gasteiger partial charge is 0.269 e. The van der Waals surface area contributed by atoms with E-state index in [2.05, 4.69) is 15.5 Å². The number of hydrogen-bond donors (Lipinski definition) is 2. The second-order valence-electron chi connectivity index (χ2n) is 4.32. The monoisotopic (exact) mass is 299 g/mol. The number of nitrogens with one attached hydrogen (secondary N) is 2. The van der Waals surface area contributed by atoms with Crippen molar-refractivity contribution < 1.29 is 9.53 Å². The number of rotatable bonds is 4. The average molecular weight is 299 g/mol. The molecule has 2 heterocycles. The van der Waals surface area contributed by atoms with Gasteiger partial charge in [-0.05, 0) is 11.6 Å². The number of carbonyl (C=O) groups is 1. The Morgan fingerprint density at radius 1 is 1.33 bits per heavy atom. The third kappa shape index (κ3) is 2.80. The van der Waals surface area contributed by atoms with Crippen molar-refractivity contribution in [3.63, 3.8) is 0 Å². The van der Waals surface area contributed by atoms with Crippen molar-refractivity contribution in [1.82, 2.24) is 10.2 Å². The van der Waals surface area contributed by atoms with Gasteiger partial charge in [0, 0.05) is 11.1 Å². The van der Waals surface area contributed by atoms with Crippen LogP contribution in [-0.4, -0.2) is 23.2 Å². The molecular weight excluding hydrogens is 286 g/mol. The Hall–Kier alpha value is -2.60. The van der Waals surface area contributed by atoms with Crippen LogP contribution in [0.3, 0.4) is 0 Å². The Labute approximate surface area is 125 Å². The van der Waals surface area contributed by atoms with Gasteiger partial charge >= 0.3 is 0 Å². The lowest BCUT2D eigenvalue weighted by molar-refractivity contribution is 0.102. The van der Waals surface area contributed by atoms with Crippen molar-refractivity contribution in [2.24, 2.45) is 0 Å². The summed E-state index contributed by atoms with van der Waals surface area (Å²) < 4.78 is 5.31. The van der Waals surface area contributed by atoms with Gasteiger partial charge < -0.3 is 10.1 Å². The van der Waals surface area contributed by atoms with E-state index >= 15 is 0 Å². The molecule has 21 heavy (non-hydrogen) atoms. The maximum atomic E-state index is 12.3. The summed E-state index contributed by atoms with van der Waals surface area (Å²) in [5.41, 5.74) is 1.68. The van der Waals surface area contributed by atoms with E-state index in [1.54, 1.807) is 19.5 Å². The molecule has 0 saturated carbocycles. The van der Waals surface area contributed by atoms with Crippen molar-refractivity contribution >= 4 is 22.9 Å². The van der Waals surface area contributed by atoms with Crippen LogP contribution in [0, 0.1) is 0 Å². The number of methoxy groups -OCH3 is 1. The van der Waals surface area contributed by atoms with Gasteiger partial charge in [-0.1, -0.05) is 30.3 Å². The third-order valence-corrected chi connectivity index (χ3v) is 4.10. The molecule has 106 valence electrons. The van der Waals surface area contributed by atoms with Gasteiger partial charge in [0.2, 0.25) is 0 Å². The molecule has 6 heteroatoms. The normalized spacial score (nSPS) is 10.3. The molecule has 0 unspecified atom stereocenters. The molecule has 1 amide bonds. The van der Waals surface area contributed by atoms with Gasteiger partial charge in [-0.2, -0.15) is 5.10 Å². The van der Waals surface area contributed by atoms with Crippen LogP contribution in [0.1, 0.15) is 9.67 Å². The number of hydrogen-bond acceptors (Lipinski definition) is 4. The van der Waals surface area contributed by atoms with Crippen molar-refractivity contribution in [3.8, 4) is 16.2 Å². The quantitative estimate of drug-likeness (QED) is 0.776. The van der Waals surface area contributed by atoms with Gasteiger partial charge in [-0.3, -0.25) is 9.89 Å². The van der Waals surface area contributed by atoms with Gasteiger partial charge in [-0.25, -0.2) is 0 Å². The summed E-state index contributed by atoms with van der Waals surface area (Å²) in [6, 6.07) is 11.8. The fraction of sp³-hybridized carbons (Fsp3) is 0.0667. The fourth-order valence-corrected chi connectivity index (χ4v) is 2.96. The fourth-order valence-electron chi connectivity index (χ4n) is 1.94. The number of benzene rings is 1. The van der Waals surface area contributed by atoms with E-state index in [4.69, 9.17) is 4.74 Å². The average Bonchev–Trinajstić information content (AvgIpc) is 3.17. The molecule has 0 spiro atoms. The molecule has 0 fully saturated rings. The number of amides is 1. The first-order chi connectivity index (χ1) is 10.3. The highest BCUT2D eigenvalue weighted by atomic mass is 32.1. The van der Waals surface area contributed by atoms with Crippen LogP contribution < -0.4 is 10.1 Å². The van der Waals surface area contributed by atoms with Crippen LogP contribution in [0.25, 0.3) is 10.4 Å². The Balaban J connectivity index is 1.91. The molecule has 2 aromatic heterocycles. The lowest BCUT2D eigenvalue weighted by atomic mass is 10.2. The van der Waals surface area contributed by atoms with Gasteiger partial charge in [0.1, 0.15) is 10.6 Å². The lowest BCUT2D eigenvalue weighted by Gasteiger charge is -2.02. The SMILES string of the molecule is COc1cc(-c2ccccc2)sc1C(=O)Nc1cn[nH]c1. The van der Waals surface area contributed by atoms with E-state index in [0.29, 0.717) is 16.3 Å². The third-order valence-electron chi connectivity index (χ3n) is 2.94. The molecule has 0 atom stereocenters. The van der Waals surface area contributed by atoms with Gasteiger partial charge in [-0.15, -0.1) is 11.3 Å². The summed E-state index contributed by atoms with van der Waals surface area (Å²) in [7, 11) is 1.56. The van der Waals surface area contributed by atoms with Gasteiger partial charge in [0.05, 0.1) is 19.0 Å². The number of anilines is 1. The van der Waals surface area contributed by atoms with E-state index in [1.165, 1.54) is 11.3 Å². The molecule has 2 N–H and O–H groups in total. The molecule has 0 aliphatic heterocycles. The largest absolute Gasteiger partial charge is 0.495 e. The van der Waals surface area contributed by atoms with Crippen molar-refractivity contribution in [2.45, 2.75) is 0 Å². The highest BCUT2D eigenvalue weighted by Gasteiger charge is 2.18. The first-order valence-electron chi connectivity index (χ1n) is 6.31. The van der Waals surface area contributed by atoms with Crippen molar-refractivity contribution in [1.29, 1.82) is 0 Å². The van der Waals surface area contributed by atoms with E-state index in [-0.39, 0.29) is 5.91 Å². The van der Waals surface area contributed by atoms with E-state index in [0.717, 1.165) is 10.4 Å². The summed E-state index contributed by atoms with van der Waals surface area (Å²) in [5.74, 6) is 0.361. The maximum absolute atomic E-state index is 12.3. The van der Waals surface area contributed by atoms with Crippen LogP contribution in [-0.2, 0) is 0 Å². The molecule has 1 aromatic carbocycles. The maximum Gasteiger partial charge on any atom is 0.269 e. The van der Waals surface area contributed by atoms with E-state index in [1.807, 2.05) is 36.4 Å². The van der Waals surface area contributed by atoms with Crippen molar-refractivity contribution in [3.05, 3.63) is 53.7 Å². The van der Waals surface area contributed by atoms with Gasteiger partial charge in [0.25, 0.3) is 5.91 Å². The second-order valence-corrected chi connectivity index (χ2v) is 5.37. The summed E-state index contributed by atoms with van der Waals surface area (Å²) in [4.78, 5) is 13.8. The number of ether oxygens (including phenoxy) is 1. The predicted octanol–water partition coefficient (Wildman–Crippen LogP) is 3.40. The summed E-state index contributed by atoms with van der Waals surface area (Å²) in [6.07, 6.45) is 3.17. The minimum absolute atomic E-state index is 0.208. The number of carbonyl (C=O) groups excluding carboxylic acids is 1. The number of aromatic nitrogens is 2. The van der Waals surface area contributed by atoms with Crippen LogP contribution >= 0.6 is 11.3 Å². The van der Waals surface area contributed by atoms with Crippen LogP contribution in [0.4, 0.5) is 5.69 Å². The summed E-state index contributed by atoms with van der Waals surface area (Å²) in [5, 5.41) is 9.23. The predicted molar refractivity (Wildman–Crippen MR) is 82.8 cm³/mol. The zero-order valence-electron chi connectivity index (χ0n) is 11.3. The first-order valence-corrected chi connectivity index (χ1v) is 7.13. The molecule has 5 nitrogen and oxygen atoms in total. The highest BCUT2D eigenvalue weighted by Crippen LogP contribution is 2.36. The first kappa shape index (κ1) is 13.4. The number of aromatic amines is 1. The molecule has 3 rings (SSSR count). The van der Waals surface area contributed by atoms with E-state index in [9.17, 15) is 4.79 Å². The number of H-pyrrole nitrogens is 1. The standard InChI is InChI=1S/C15H13N3O2S/c1-20-12-7-13(10-5-3-2-4-6-10)21-14(12)15(19)18-11-8-16-17-9-11/h2-9H,1H3,(H,16,17)(H,18,19). The molecule has 0 bridgehead atoms. The topological polar surface area (TPSA) is 67.0 Å². The van der Waals surface area contributed by atoms with E-state index < -0.39 is 0 Å². The zero-order valence-corrected chi connectivity index (χ0v) is 12.1. The van der Waals surface area contributed by atoms with Crippen molar-refractivity contribution in [2.75, 3.05) is 12.4 Å². The summed E-state index contributed by atoms with van der Waals surface area (Å²) >= 11 is 1.40. The molecule has 3 aromatic rings. The Morgan fingerprint density at radius 2 is 2.14 bits per heavy atom. The van der Waals surface area contributed by atoms with Gasteiger partial charge in [0.15, 0.2) is 0 Å². The number of thiophene rings is 1.